The molecule has 2 aromatic carbocycles. The molecule has 31 heavy (non-hydrogen) atoms. The fraction of sp³-hybridized carbons (Fsp3) is 0.346. The molecule has 2 aliphatic heterocycles. The summed E-state index contributed by atoms with van der Waals surface area (Å²) in [7, 11) is 0. The normalized spacial score (nSPS) is 17.3. The summed E-state index contributed by atoms with van der Waals surface area (Å²) in [5, 5.41) is 2.02. The summed E-state index contributed by atoms with van der Waals surface area (Å²) < 4.78 is 0. The van der Waals surface area contributed by atoms with Crippen LogP contribution in [0.3, 0.4) is 0 Å². The lowest BCUT2D eigenvalue weighted by atomic mass is 9.89. The van der Waals surface area contributed by atoms with E-state index < -0.39 is 0 Å². The van der Waals surface area contributed by atoms with Crippen LogP contribution in [0.15, 0.2) is 54.9 Å². The third-order valence-electron chi connectivity index (χ3n) is 6.73. The Morgan fingerprint density at radius 2 is 1.94 bits per heavy atom. The zero-order chi connectivity index (χ0) is 21.2. The molecule has 5 heteroatoms. The van der Waals surface area contributed by atoms with E-state index in [1.54, 1.807) is 0 Å². The highest BCUT2D eigenvalue weighted by Crippen LogP contribution is 2.36. The number of H-pyrrole nitrogens is 1. The lowest BCUT2D eigenvalue weighted by Gasteiger charge is -2.32. The molecule has 1 fully saturated rings. The number of likely N-dealkylation sites (tertiary alicyclic amines) is 1. The average Bonchev–Trinajstić information content (AvgIpc) is 3.25. The second-order valence-corrected chi connectivity index (χ2v) is 9.07. The van der Waals surface area contributed by atoms with E-state index >= 15 is 0 Å². The zero-order valence-electron chi connectivity index (χ0n) is 17.7. The number of nitrogens with one attached hydrogen (secondary N) is 1. The largest absolute Gasteiger partial charge is 0.361 e. The van der Waals surface area contributed by atoms with Gasteiger partial charge in [-0.05, 0) is 79.7 Å². The minimum Gasteiger partial charge on any atom is -0.361 e. The van der Waals surface area contributed by atoms with Gasteiger partial charge in [-0.15, -0.1) is 0 Å². The molecule has 1 amide bonds. The molecule has 0 aliphatic carbocycles. The van der Waals surface area contributed by atoms with Gasteiger partial charge in [0.1, 0.15) is 0 Å². The second kappa shape index (κ2) is 8.89. The SMILES string of the molecule is O=C(CCCN1CCC(c2c[nH]c3cccc(Cl)c23)CC1)N1C=Cc2ccccc2C1. The zero-order valence-corrected chi connectivity index (χ0v) is 18.4. The third-order valence-corrected chi connectivity index (χ3v) is 7.04. The predicted molar refractivity (Wildman–Crippen MR) is 127 cm³/mol. The van der Waals surface area contributed by atoms with Gasteiger partial charge in [0.25, 0.3) is 0 Å². The Labute approximate surface area is 188 Å². The van der Waals surface area contributed by atoms with Gasteiger partial charge in [0.05, 0.1) is 11.6 Å². The van der Waals surface area contributed by atoms with Crippen LogP contribution in [0.4, 0.5) is 0 Å². The first kappa shape index (κ1) is 20.3. The maximum atomic E-state index is 12.7. The monoisotopic (exact) mass is 433 g/mol. The summed E-state index contributed by atoms with van der Waals surface area (Å²) in [5.41, 5.74) is 4.91. The lowest BCUT2D eigenvalue weighted by molar-refractivity contribution is -0.129. The number of hydrogen-bond acceptors (Lipinski definition) is 2. The first-order valence-electron chi connectivity index (χ1n) is 11.2. The molecule has 4 nitrogen and oxygen atoms in total. The van der Waals surface area contributed by atoms with Gasteiger partial charge in [-0.2, -0.15) is 0 Å². The molecule has 1 saturated heterocycles. The molecular formula is C26H28ClN3O. The summed E-state index contributed by atoms with van der Waals surface area (Å²) in [5.74, 6) is 0.763. The van der Waals surface area contributed by atoms with E-state index in [0.29, 0.717) is 18.9 Å². The maximum Gasteiger partial charge on any atom is 0.226 e. The summed E-state index contributed by atoms with van der Waals surface area (Å²) in [6.45, 7) is 3.82. The Bertz CT molecular complexity index is 1110. The van der Waals surface area contributed by atoms with Gasteiger partial charge in [-0.1, -0.05) is 41.9 Å². The Balaban J connectivity index is 1.10. The minimum atomic E-state index is 0.217. The topological polar surface area (TPSA) is 39.3 Å². The number of fused-ring (bicyclic) bond motifs is 2. The van der Waals surface area contributed by atoms with E-state index in [1.165, 1.54) is 22.1 Å². The van der Waals surface area contributed by atoms with Gasteiger partial charge < -0.3 is 14.8 Å². The summed E-state index contributed by atoms with van der Waals surface area (Å²) in [4.78, 5) is 20.4. The molecule has 1 N–H and O–H groups in total. The maximum absolute atomic E-state index is 12.7. The van der Waals surface area contributed by atoms with E-state index in [9.17, 15) is 4.79 Å². The molecule has 5 rings (SSSR count). The number of carbonyl (C=O) groups is 1. The van der Waals surface area contributed by atoms with Crippen LogP contribution in [0.2, 0.25) is 5.02 Å². The fourth-order valence-corrected chi connectivity index (χ4v) is 5.25. The number of aromatic nitrogens is 1. The Kier molecular flexibility index (Phi) is 5.84. The third kappa shape index (κ3) is 4.28. The van der Waals surface area contributed by atoms with Crippen LogP contribution >= 0.6 is 11.6 Å². The first-order chi connectivity index (χ1) is 15.2. The van der Waals surface area contributed by atoms with E-state index in [0.717, 1.165) is 49.4 Å². The molecule has 1 aromatic heterocycles. The van der Waals surface area contributed by atoms with Crippen molar-refractivity contribution >= 4 is 34.5 Å². The van der Waals surface area contributed by atoms with Gasteiger partial charge in [-0.3, -0.25) is 4.79 Å². The number of aromatic amines is 1. The van der Waals surface area contributed by atoms with Crippen LogP contribution in [-0.2, 0) is 11.3 Å². The number of rotatable bonds is 5. The van der Waals surface area contributed by atoms with Crippen molar-refractivity contribution < 1.29 is 4.79 Å². The number of halogens is 1. The second-order valence-electron chi connectivity index (χ2n) is 8.66. The highest BCUT2D eigenvalue weighted by Gasteiger charge is 2.24. The predicted octanol–water partition coefficient (Wildman–Crippen LogP) is 5.79. The molecule has 3 heterocycles. The number of piperidine rings is 1. The van der Waals surface area contributed by atoms with Gasteiger partial charge >= 0.3 is 0 Å². The molecule has 3 aromatic rings. The van der Waals surface area contributed by atoms with Crippen LogP contribution in [0.5, 0.6) is 0 Å². The van der Waals surface area contributed by atoms with Crippen LogP contribution in [0.1, 0.15) is 48.3 Å². The number of nitrogens with zero attached hydrogens (tertiary/aromatic N) is 2. The number of carbonyl (C=O) groups excluding carboxylic acids is 1. The van der Waals surface area contributed by atoms with Crippen molar-refractivity contribution in [2.24, 2.45) is 0 Å². The van der Waals surface area contributed by atoms with Crippen LogP contribution in [0.25, 0.3) is 17.0 Å². The van der Waals surface area contributed by atoms with Crippen molar-refractivity contribution in [3.05, 3.63) is 76.6 Å². The van der Waals surface area contributed by atoms with Crippen molar-refractivity contribution in [2.45, 2.75) is 38.1 Å². The van der Waals surface area contributed by atoms with Crippen LogP contribution < -0.4 is 0 Å². The Morgan fingerprint density at radius 1 is 1.10 bits per heavy atom. The van der Waals surface area contributed by atoms with Crippen molar-refractivity contribution in [3.63, 3.8) is 0 Å². The van der Waals surface area contributed by atoms with Gasteiger partial charge in [0.2, 0.25) is 5.91 Å². The van der Waals surface area contributed by atoms with Gasteiger partial charge in [-0.25, -0.2) is 0 Å². The van der Waals surface area contributed by atoms with Crippen molar-refractivity contribution in [1.29, 1.82) is 0 Å². The summed E-state index contributed by atoms with van der Waals surface area (Å²) >= 11 is 6.47. The quantitative estimate of drug-likeness (QED) is 0.552. The highest BCUT2D eigenvalue weighted by molar-refractivity contribution is 6.35. The van der Waals surface area contributed by atoms with Crippen molar-refractivity contribution in [2.75, 3.05) is 19.6 Å². The number of benzene rings is 2. The average molecular weight is 434 g/mol. The molecule has 160 valence electrons. The van der Waals surface area contributed by atoms with E-state index in [-0.39, 0.29) is 5.91 Å². The van der Waals surface area contributed by atoms with E-state index in [1.807, 2.05) is 41.4 Å². The molecule has 0 atom stereocenters. The minimum absolute atomic E-state index is 0.217. The molecule has 0 bridgehead atoms. The highest BCUT2D eigenvalue weighted by atomic mass is 35.5. The van der Waals surface area contributed by atoms with Crippen LogP contribution in [-0.4, -0.2) is 40.3 Å². The van der Waals surface area contributed by atoms with Crippen LogP contribution in [0, 0.1) is 0 Å². The van der Waals surface area contributed by atoms with Crippen molar-refractivity contribution in [3.8, 4) is 0 Å². The first-order valence-corrected chi connectivity index (χ1v) is 11.6. The number of amides is 1. The molecular weight excluding hydrogens is 406 g/mol. The smallest absolute Gasteiger partial charge is 0.226 e. The standard InChI is InChI=1S/C26H28ClN3O/c27-23-7-3-8-24-26(23)22(17-28-24)20-10-14-29(15-11-20)13-4-9-25(31)30-16-12-19-5-1-2-6-21(19)18-30/h1-3,5-8,12,16-17,20,28H,4,9-11,13-15,18H2. The number of hydrogen-bond donors (Lipinski definition) is 1. The molecule has 0 saturated carbocycles. The van der Waals surface area contributed by atoms with Crippen molar-refractivity contribution in [1.82, 2.24) is 14.8 Å². The molecule has 2 aliphatic rings. The lowest BCUT2D eigenvalue weighted by Crippen LogP contribution is -2.34. The summed E-state index contributed by atoms with van der Waals surface area (Å²) in [6, 6.07) is 14.3. The fourth-order valence-electron chi connectivity index (χ4n) is 4.97. The Hall–Kier alpha value is -2.56. The Morgan fingerprint density at radius 3 is 2.81 bits per heavy atom. The van der Waals surface area contributed by atoms with Gasteiger partial charge in [0.15, 0.2) is 0 Å². The van der Waals surface area contributed by atoms with Gasteiger partial charge in [0, 0.05) is 29.7 Å². The molecule has 0 unspecified atom stereocenters. The molecule has 0 spiro atoms. The molecule has 0 radical (unpaired) electrons. The van der Waals surface area contributed by atoms with E-state index in [2.05, 4.69) is 34.3 Å². The van der Waals surface area contributed by atoms with E-state index in [4.69, 9.17) is 11.6 Å². The summed E-state index contributed by atoms with van der Waals surface area (Å²) in [6.07, 6.45) is 9.90.